The van der Waals surface area contributed by atoms with Gasteiger partial charge in [0, 0.05) is 12.6 Å². The number of aliphatic hydroxyl groups is 1. The van der Waals surface area contributed by atoms with Crippen LogP contribution in [0.15, 0.2) is 60.7 Å². The minimum Gasteiger partial charge on any atom is -0.387 e. The van der Waals surface area contributed by atoms with Crippen LogP contribution in [0.5, 0.6) is 0 Å². The van der Waals surface area contributed by atoms with Crippen molar-refractivity contribution < 1.29 is 5.11 Å². The van der Waals surface area contributed by atoms with Gasteiger partial charge in [0.05, 0.1) is 6.10 Å². The molecule has 2 heteroatoms. The van der Waals surface area contributed by atoms with Crippen molar-refractivity contribution in [2.24, 2.45) is 0 Å². The van der Waals surface area contributed by atoms with E-state index in [2.05, 4.69) is 17.4 Å². The Kier molecular flexibility index (Phi) is 4.51. The molecule has 0 radical (unpaired) electrons. The van der Waals surface area contributed by atoms with E-state index in [9.17, 15) is 5.11 Å². The van der Waals surface area contributed by atoms with Crippen molar-refractivity contribution in [1.29, 1.82) is 0 Å². The highest BCUT2D eigenvalue weighted by molar-refractivity contribution is 5.19. The van der Waals surface area contributed by atoms with Gasteiger partial charge in [-0.1, -0.05) is 60.7 Å². The molecule has 0 amide bonds. The molecule has 94 valence electrons. The number of hydrogen-bond donors (Lipinski definition) is 2. The van der Waals surface area contributed by atoms with E-state index >= 15 is 0 Å². The van der Waals surface area contributed by atoms with Crippen molar-refractivity contribution in [3.05, 3.63) is 71.8 Å². The first kappa shape index (κ1) is 12.8. The lowest BCUT2D eigenvalue weighted by Crippen LogP contribution is -2.31. The molecule has 0 aliphatic heterocycles. The lowest BCUT2D eigenvalue weighted by Gasteiger charge is -2.20. The van der Waals surface area contributed by atoms with E-state index in [4.69, 9.17) is 0 Å². The molecule has 0 spiro atoms. The van der Waals surface area contributed by atoms with Crippen molar-refractivity contribution in [2.75, 3.05) is 0 Å². The molecule has 2 N–H and O–H groups in total. The van der Waals surface area contributed by atoms with E-state index in [1.807, 2.05) is 55.5 Å². The van der Waals surface area contributed by atoms with Crippen LogP contribution in [0.3, 0.4) is 0 Å². The van der Waals surface area contributed by atoms with E-state index in [1.165, 1.54) is 5.56 Å². The van der Waals surface area contributed by atoms with Crippen LogP contribution in [0.1, 0.15) is 24.2 Å². The third kappa shape index (κ3) is 3.42. The normalized spacial score (nSPS) is 14.1. The van der Waals surface area contributed by atoms with Gasteiger partial charge in [0.2, 0.25) is 0 Å². The second kappa shape index (κ2) is 6.34. The van der Waals surface area contributed by atoms with Crippen LogP contribution in [0.25, 0.3) is 0 Å². The zero-order chi connectivity index (χ0) is 12.8. The fraction of sp³-hybridized carbons (Fsp3) is 0.250. The molecule has 0 heterocycles. The summed E-state index contributed by atoms with van der Waals surface area (Å²) in [5.74, 6) is 0. The quantitative estimate of drug-likeness (QED) is 0.843. The van der Waals surface area contributed by atoms with Crippen LogP contribution in [0.4, 0.5) is 0 Å². The number of hydrogen-bond acceptors (Lipinski definition) is 2. The molecule has 0 bridgehead atoms. The monoisotopic (exact) mass is 241 g/mol. The Bertz CT molecular complexity index is 455. The summed E-state index contributed by atoms with van der Waals surface area (Å²) >= 11 is 0. The second-order valence-corrected chi connectivity index (χ2v) is 4.51. The molecule has 2 atom stereocenters. The van der Waals surface area contributed by atoms with E-state index in [0.29, 0.717) is 0 Å². The fourth-order valence-corrected chi connectivity index (χ4v) is 1.93. The summed E-state index contributed by atoms with van der Waals surface area (Å²) in [5, 5.41) is 13.6. The lowest BCUT2D eigenvalue weighted by atomic mass is 10.0. The molecule has 0 unspecified atom stereocenters. The van der Waals surface area contributed by atoms with Crippen molar-refractivity contribution >= 4 is 0 Å². The second-order valence-electron chi connectivity index (χ2n) is 4.51. The molecular weight excluding hydrogens is 222 g/mol. The Morgan fingerprint density at radius 3 is 2.11 bits per heavy atom. The summed E-state index contributed by atoms with van der Waals surface area (Å²) in [7, 11) is 0. The maximum atomic E-state index is 10.2. The predicted molar refractivity (Wildman–Crippen MR) is 74.1 cm³/mol. The van der Waals surface area contributed by atoms with Gasteiger partial charge in [-0.2, -0.15) is 0 Å². The number of rotatable bonds is 5. The molecule has 0 fully saturated rings. The number of aliphatic hydroxyl groups excluding tert-OH is 1. The Balaban J connectivity index is 1.90. The fourth-order valence-electron chi connectivity index (χ4n) is 1.93. The van der Waals surface area contributed by atoms with Gasteiger partial charge in [0.15, 0.2) is 0 Å². The summed E-state index contributed by atoms with van der Waals surface area (Å²) in [6, 6.07) is 20.0. The van der Waals surface area contributed by atoms with Gasteiger partial charge in [-0.05, 0) is 18.1 Å². The molecule has 0 aliphatic carbocycles. The third-order valence-electron chi connectivity index (χ3n) is 3.09. The minimum atomic E-state index is -0.477. The van der Waals surface area contributed by atoms with E-state index in [-0.39, 0.29) is 6.04 Å². The number of benzene rings is 2. The van der Waals surface area contributed by atoms with Crippen LogP contribution in [0.2, 0.25) is 0 Å². The molecule has 18 heavy (non-hydrogen) atoms. The van der Waals surface area contributed by atoms with Gasteiger partial charge in [-0.25, -0.2) is 0 Å². The maximum absolute atomic E-state index is 10.2. The standard InChI is InChI=1S/C16H19NO/c1-13(16(18)15-10-6-3-7-11-15)17-12-14-8-4-2-5-9-14/h2-11,13,16-18H,12H2,1H3/t13-,16-/m1/s1. The van der Waals surface area contributed by atoms with Gasteiger partial charge in [-0.3, -0.25) is 0 Å². The maximum Gasteiger partial charge on any atom is 0.0940 e. The van der Waals surface area contributed by atoms with E-state index < -0.39 is 6.10 Å². The smallest absolute Gasteiger partial charge is 0.0940 e. The molecule has 2 nitrogen and oxygen atoms in total. The summed E-state index contributed by atoms with van der Waals surface area (Å²) in [5.41, 5.74) is 2.18. The molecule has 0 aliphatic rings. The first-order valence-corrected chi connectivity index (χ1v) is 6.27. The molecule has 2 rings (SSSR count). The molecule has 0 aromatic heterocycles. The van der Waals surface area contributed by atoms with E-state index in [0.717, 1.165) is 12.1 Å². The van der Waals surface area contributed by atoms with Gasteiger partial charge >= 0.3 is 0 Å². The van der Waals surface area contributed by atoms with Crippen LogP contribution in [-0.2, 0) is 6.54 Å². The zero-order valence-electron chi connectivity index (χ0n) is 10.6. The van der Waals surface area contributed by atoms with Gasteiger partial charge in [0.25, 0.3) is 0 Å². The van der Waals surface area contributed by atoms with Crippen molar-refractivity contribution in [3.63, 3.8) is 0 Å². The van der Waals surface area contributed by atoms with Crippen molar-refractivity contribution in [1.82, 2.24) is 5.32 Å². The Hall–Kier alpha value is -1.64. The molecular formula is C16H19NO. The van der Waals surface area contributed by atoms with Gasteiger partial charge in [-0.15, -0.1) is 0 Å². The van der Waals surface area contributed by atoms with Crippen molar-refractivity contribution in [2.45, 2.75) is 25.6 Å². The van der Waals surface area contributed by atoms with Crippen LogP contribution >= 0.6 is 0 Å². The Labute approximate surface area is 108 Å². The lowest BCUT2D eigenvalue weighted by molar-refractivity contribution is 0.135. The summed E-state index contributed by atoms with van der Waals surface area (Å²) in [6.45, 7) is 2.77. The minimum absolute atomic E-state index is 0.0209. The molecule has 2 aromatic carbocycles. The van der Waals surface area contributed by atoms with Crippen LogP contribution in [0, 0.1) is 0 Å². The van der Waals surface area contributed by atoms with Crippen molar-refractivity contribution in [3.8, 4) is 0 Å². The van der Waals surface area contributed by atoms with Gasteiger partial charge < -0.3 is 10.4 Å². The highest BCUT2D eigenvalue weighted by atomic mass is 16.3. The molecule has 0 saturated carbocycles. The van der Waals surface area contributed by atoms with E-state index in [1.54, 1.807) is 0 Å². The molecule has 2 aromatic rings. The average molecular weight is 241 g/mol. The third-order valence-corrected chi connectivity index (χ3v) is 3.09. The predicted octanol–water partition coefficient (Wildman–Crippen LogP) is 2.90. The van der Waals surface area contributed by atoms with Gasteiger partial charge in [0.1, 0.15) is 0 Å². The largest absolute Gasteiger partial charge is 0.387 e. The van der Waals surface area contributed by atoms with Crippen LogP contribution < -0.4 is 5.32 Å². The highest BCUT2D eigenvalue weighted by Gasteiger charge is 2.15. The SMILES string of the molecule is C[C@@H](NCc1ccccc1)[C@@H](O)c1ccccc1. The Morgan fingerprint density at radius 1 is 0.944 bits per heavy atom. The highest BCUT2D eigenvalue weighted by Crippen LogP contribution is 2.16. The average Bonchev–Trinajstić information content (AvgIpc) is 2.46. The topological polar surface area (TPSA) is 32.3 Å². The summed E-state index contributed by atoms with van der Waals surface area (Å²) < 4.78 is 0. The molecule has 0 saturated heterocycles. The van der Waals surface area contributed by atoms with Crippen LogP contribution in [-0.4, -0.2) is 11.1 Å². The summed E-state index contributed by atoms with van der Waals surface area (Å²) in [4.78, 5) is 0. The Morgan fingerprint density at radius 2 is 1.50 bits per heavy atom. The summed E-state index contributed by atoms with van der Waals surface area (Å²) in [6.07, 6.45) is -0.477. The zero-order valence-corrected chi connectivity index (χ0v) is 10.6. The first-order chi connectivity index (χ1) is 8.77. The number of nitrogens with one attached hydrogen (secondary N) is 1. The first-order valence-electron chi connectivity index (χ1n) is 6.27.